The molecule has 1 atom stereocenters. The number of halogens is 3. The van der Waals surface area contributed by atoms with Gasteiger partial charge in [0.05, 0.1) is 12.5 Å². The highest BCUT2D eigenvalue weighted by Gasteiger charge is 2.38. The highest BCUT2D eigenvalue weighted by atomic mass is 19.4. The summed E-state index contributed by atoms with van der Waals surface area (Å²) >= 11 is 0. The Labute approximate surface area is 63.7 Å². The quantitative estimate of drug-likeness (QED) is 0.682. The molecule has 0 spiro atoms. The van der Waals surface area contributed by atoms with Crippen molar-refractivity contribution in [3.05, 3.63) is 0 Å². The number of rotatable bonds is 4. The number of hydrogen-bond donors (Lipinski definition) is 1. The first-order valence-electron chi connectivity index (χ1n) is 3.22. The van der Waals surface area contributed by atoms with Crippen molar-refractivity contribution in [2.45, 2.75) is 6.18 Å². The Balaban J connectivity index is 3.88. The molecule has 0 aromatic carbocycles. The zero-order chi connectivity index (χ0) is 8.91. The maximum Gasteiger partial charge on any atom is 0.395 e. The summed E-state index contributed by atoms with van der Waals surface area (Å²) in [5.41, 5.74) is 0. The maximum absolute atomic E-state index is 12.0. The van der Waals surface area contributed by atoms with E-state index in [1.54, 1.807) is 0 Å². The van der Waals surface area contributed by atoms with Crippen LogP contribution in [0, 0.1) is 5.92 Å². The predicted molar refractivity (Wildman–Crippen MR) is 35.3 cm³/mol. The minimum absolute atomic E-state index is 0.0999. The molecule has 0 saturated heterocycles. The molecule has 2 nitrogen and oxygen atoms in total. The normalized spacial score (nSPS) is 15.0. The average molecular weight is 171 g/mol. The lowest BCUT2D eigenvalue weighted by Crippen LogP contribution is -2.35. The molecule has 0 aliphatic carbocycles. The van der Waals surface area contributed by atoms with Gasteiger partial charge in [0.2, 0.25) is 0 Å². The Morgan fingerprint density at radius 1 is 1.45 bits per heavy atom. The fourth-order valence-electron chi connectivity index (χ4n) is 0.717. The Bertz CT molecular complexity index is 98.5. The van der Waals surface area contributed by atoms with Crippen molar-refractivity contribution in [2.24, 2.45) is 5.92 Å². The van der Waals surface area contributed by atoms with Crippen molar-refractivity contribution in [1.82, 2.24) is 5.32 Å². The summed E-state index contributed by atoms with van der Waals surface area (Å²) in [7, 11) is 2.74. The van der Waals surface area contributed by atoms with Crippen LogP contribution in [0.2, 0.25) is 0 Å². The van der Waals surface area contributed by atoms with Gasteiger partial charge in [0.15, 0.2) is 0 Å². The lowest BCUT2D eigenvalue weighted by molar-refractivity contribution is -0.184. The summed E-state index contributed by atoms with van der Waals surface area (Å²) < 4.78 is 40.3. The van der Waals surface area contributed by atoms with Crippen LogP contribution in [0.1, 0.15) is 0 Å². The van der Waals surface area contributed by atoms with E-state index in [1.165, 1.54) is 14.2 Å². The third-order valence-corrected chi connectivity index (χ3v) is 1.28. The summed E-state index contributed by atoms with van der Waals surface area (Å²) in [5.74, 6) is -1.41. The fourth-order valence-corrected chi connectivity index (χ4v) is 0.717. The molecule has 0 heterocycles. The van der Waals surface area contributed by atoms with E-state index in [9.17, 15) is 13.2 Å². The van der Waals surface area contributed by atoms with Crippen LogP contribution < -0.4 is 5.32 Å². The molecule has 0 radical (unpaired) electrons. The maximum atomic E-state index is 12.0. The molecule has 0 rings (SSSR count). The number of ether oxygens (including phenoxy) is 1. The van der Waals surface area contributed by atoms with Gasteiger partial charge in [-0.1, -0.05) is 0 Å². The fraction of sp³-hybridized carbons (Fsp3) is 1.00. The summed E-state index contributed by atoms with van der Waals surface area (Å²) in [6.45, 7) is -0.387. The number of nitrogens with one attached hydrogen (secondary N) is 1. The van der Waals surface area contributed by atoms with Crippen LogP contribution in [0.25, 0.3) is 0 Å². The molecule has 0 bridgehead atoms. The second-order valence-corrected chi connectivity index (χ2v) is 2.25. The summed E-state index contributed by atoms with van der Waals surface area (Å²) in [5, 5.41) is 2.46. The van der Waals surface area contributed by atoms with Crippen LogP contribution >= 0.6 is 0 Å². The van der Waals surface area contributed by atoms with Crippen molar-refractivity contribution in [1.29, 1.82) is 0 Å². The molecule has 68 valence electrons. The van der Waals surface area contributed by atoms with E-state index < -0.39 is 12.1 Å². The third-order valence-electron chi connectivity index (χ3n) is 1.28. The van der Waals surface area contributed by atoms with Gasteiger partial charge in [-0.05, 0) is 7.05 Å². The van der Waals surface area contributed by atoms with Gasteiger partial charge in [-0.15, -0.1) is 0 Å². The molecule has 0 aromatic heterocycles. The van der Waals surface area contributed by atoms with Gasteiger partial charge in [-0.25, -0.2) is 0 Å². The molecule has 0 aliphatic rings. The predicted octanol–water partition coefficient (Wildman–Crippen LogP) is 1.03. The molecule has 1 N–H and O–H groups in total. The van der Waals surface area contributed by atoms with E-state index in [-0.39, 0.29) is 13.2 Å². The minimum atomic E-state index is -4.17. The van der Waals surface area contributed by atoms with E-state index >= 15 is 0 Å². The summed E-state index contributed by atoms with van der Waals surface area (Å²) in [6, 6.07) is 0. The van der Waals surface area contributed by atoms with Crippen LogP contribution in [0.15, 0.2) is 0 Å². The molecule has 0 amide bonds. The molecule has 0 aliphatic heterocycles. The van der Waals surface area contributed by atoms with Crippen LogP contribution in [-0.4, -0.2) is 33.5 Å². The first-order chi connectivity index (χ1) is 5.02. The van der Waals surface area contributed by atoms with Gasteiger partial charge in [-0.2, -0.15) is 13.2 Å². The zero-order valence-electron chi connectivity index (χ0n) is 6.53. The molecular formula is C6H12F3NO. The monoisotopic (exact) mass is 171 g/mol. The van der Waals surface area contributed by atoms with Gasteiger partial charge < -0.3 is 10.1 Å². The second kappa shape index (κ2) is 4.56. The topological polar surface area (TPSA) is 21.3 Å². The van der Waals surface area contributed by atoms with Gasteiger partial charge in [0.1, 0.15) is 0 Å². The van der Waals surface area contributed by atoms with Crippen LogP contribution in [0.5, 0.6) is 0 Å². The zero-order valence-corrected chi connectivity index (χ0v) is 6.53. The average Bonchev–Trinajstić information content (AvgIpc) is 1.85. The van der Waals surface area contributed by atoms with Gasteiger partial charge >= 0.3 is 6.18 Å². The SMILES string of the molecule is CNCC(COC)C(F)(F)F. The van der Waals surface area contributed by atoms with Crippen LogP contribution in [-0.2, 0) is 4.74 Å². The lowest BCUT2D eigenvalue weighted by Gasteiger charge is -2.18. The largest absolute Gasteiger partial charge is 0.395 e. The Kier molecular flexibility index (Phi) is 4.44. The van der Waals surface area contributed by atoms with Crippen molar-refractivity contribution >= 4 is 0 Å². The van der Waals surface area contributed by atoms with Crippen LogP contribution in [0.3, 0.4) is 0 Å². The van der Waals surface area contributed by atoms with Crippen molar-refractivity contribution < 1.29 is 17.9 Å². The third kappa shape index (κ3) is 4.21. The minimum Gasteiger partial charge on any atom is -0.384 e. The standard InChI is InChI=1S/C6H12F3NO/c1-10-3-5(4-11-2)6(7,8)9/h5,10H,3-4H2,1-2H3. The lowest BCUT2D eigenvalue weighted by atomic mass is 10.1. The number of hydrogen-bond acceptors (Lipinski definition) is 2. The van der Waals surface area contributed by atoms with Gasteiger partial charge in [-0.3, -0.25) is 0 Å². The molecule has 5 heteroatoms. The van der Waals surface area contributed by atoms with E-state index in [2.05, 4.69) is 10.1 Å². The Hall–Kier alpha value is -0.290. The van der Waals surface area contributed by atoms with Gasteiger partial charge in [0.25, 0.3) is 0 Å². The van der Waals surface area contributed by atoms with E-state index in [0.29, 0.717) is 0 Å². The molecular weight excluding hydrogens is 159 g/mol. The first kappa shape index (κ1) is 10.7. The molecule has 0 fully saturated rings. The summed E-state index contributed by atoms with van der Waals surface area (Å²) in [4.78, 5) is 0. The van der Waals surface area contributed by atoms with Crippen molar-refractivity contribution in [2.75, 3.05) is 27.3 Å². The van der Waals surface area contributed by atoms with E-state index in [0.717, 1.165) is 0 Å². The van der Waals surface area contributed by atoms with Crippen molar-refractivity contribution in [3.8, 4) is 0 Å². The van der Waals surface area contributed by atoms with Crippen LogP contribution in [0.4, 0.5) is 13.2 Å². The number of alkyl halides is 3. The highest BCUT2D eigenvalue weighted by Crippen LogP contribution is 2.25. The van der Waals surface area contributed by atoms with E-state index in [1.807, 2.05) is 0 Å². The first-order valence-corrected chi connectivity index (χ1v) is 3.22. The molecule has 0 aromatic rings. The smallest absolute Gasteiger partial charge is 0.384 e. The Morgan fingerprint density at radius 3 is 2.27 bits per heavy atom. The second-order valence-electron chi connectivity index (χ2n) is 2.25. The molecule has 0 saturated carbocycles. The van der Waals surface area contributed by atoms with E-state index in [4.69, 9.17) is 0 Å². The number of methoxy groups -OCH3 is 1. The highest BCUT2D eigenvalue weighted by molar-refractivity contribution is 4.68. The Morgan fingerprint density at radius 2 is 2.00 bits per heavy atom. The molecule has 11 heavy (non-hydrogen) atoms. The summed E-state index contributed by atoms with van der Waals surface area (Å²) in [6.07, 6.45) is -4.17. The molecule has 1 unspecified atom stereocenters. The van der Waals surface area contributed by atoms with Crippen molar-refractivity contribution in [3.63, 3.8) is 0 Å². The van der Waals surface area contributed by atoms with Gasteiger partial charge in [0, 0.05) is 13.7 Å².